The minimum absolute atomic E-state index is 0.0250. The SMILES string of the molecule is COc1ncc(-c2ccc3nccc(OCCOCCNc4cccc5c4C(=O)N(C4CCC(=O)NC4=O)C5=O)c3c2)cc1NS(=O)(=O)c1ccc(F)cc1F. The zero-order chi connectivity index (χ0) is 39.6. The molecule has 4 heterocycles. The number of fused-ring (bicyclic) bond motifs is 2. The van der Waals surface area contributed by atoms with Crippen LogP contribution in [0.5, 0.6) is 11.6 Å². The normalized spacial score (nSPS) is 15.5. The molecule has 3 aromatic carbocycles. The molecule has 56 heavy (non-hydrogen) atoms. The zero-order valence-corrected chi connectivity index (χ0v) is 30.3. The fourth-order valence-electron chi connectivity index (χ4n) is 6.40. The maximum absolute atomic E-state index is 14.4. The number of sulfonamides is 1. The molecule has 7 rings (SSSR count). The van der Waals surface area contributed by atoms with Crippen LogP contribution in [0, 0.1) is 11.6 Å². The van der Waals surface area contributed by atoms with Gasteiger partial charge in [0.2, 0.25) is 17.7 Å². The Kier molecular flexibility index (Phi) is 10.6. The molecule has 1 fully saturated rings. The lowest BCUT2D eigenvalue weighted by atomic mass is 10.0. The van der Waals surface area contributed by atoms with E-state index < -0.39 is 56.2 Å². The smallest absolute Gasteiger partial charge is 0.264 e. The quantitative estimate of drug-likeness (QED) is 0.107. The van der Waals surface area contributed by atoms with Crippen LogP contribution in [0.3, 0.4) is 0 Å². The topological polar surface area (TPSA) is 195 Å². The molecule has 2 aliphatic rings. The van der Waals surface area contributed by atoms with E-state index in [4.69, 9.17) is 14.2 Å². The predicted octanol–water partition coefficient (Wildman–Crippen LogP) is 4.29. The largest absolute Gasteiger partial charge is 0.490 e. The number of nitrogens with one attached hydrogen (secondary N) is 3. The molecule has 0 saturated carbocycles. The number of hydrogen-bond donors (Lipinski definition) is 3. The van der Waals surface area contributed by atoms with Crippen molar-refractivity contribution in [1.29, 1.82) is 0 Å². The van der Waals surface area contributed by atoms with E-state index in [9.17, 15) is 36.4 Å². The monoisotopic (exact) mass is 786 g/mol. The molecule has 288 valence electrons. The molecule has 1 unspecified atom stereocenters. The summed E-state index contributed by atoms with van der Waals surface area (Å²) in [5.74, 6) is -4.10. The molecule has 0 spiro atoms. The number of aromatic nitrogens is 2. The summed E-state index contributed by atoms with van der Waals surface area (Å²) >= 11 is 0. The number of pyridine rings is 2. The molecular formula is C38H32F2N6O9S. The van der Waals surface area contributed by atoms with Gasteiger partial charge < -0.3 is 19.5 Å². The van der Waals surface area contributed by atoms with Gasteiger partial charge in [-0.2, -0.15) is 0 Å². The van der Waals surface area contributed by atoms with Gasteiger partial charge >= 0.3 is 0 Å². The standard InChI is InChI=1S/C38H32F2N6O9S/c1-53-36-29(45-56(51,52)32-9-6-23(39)19-26(32)40)18-22(20-43-36)21-5-7-27-25(17-21)31(11-12-41-27)55-16-15-54-14-13-42-28-4-2-3-24-34(28)38(50)46(37(24)49)30-8-10-33(47)44-35(30)48/h2-7,9,11-12,17-20,30,42,45H,8,10,13-16H2,1H3,(H,44,47,48). The minimum atomic E-state index is -4.49. The van der Waals surface area contributed by atoms with Gasteiger partial charge in [0.25, 0.3) is 21.8 Å². The Labute approximate surface area is 318 Å². The summed E-state index contributed by atoms with van der Waals surface area (Å²) in [5.41, 5.74) is 2.37. The van der Waals surface area contributed by atoms with Crippen molar-refractivity contribution in [3.8, 4) is 22.8 Å². The maximum Gasteiger partial charge on any atom is 0.264 e. The Hall–Kier alpha value is -6.53. The van der Waals surface area contributed by atoms with E-state index in [1.807, 2.05) is 0 Å². The molecule has 5 aromatic rings. The van der Waals surface area contributed by atoms with Gasteiger partial charge in [-0.25, -0.2) is 22.2 Å². The summed E-state index contributed by atoms with van der Waals surface area (Å²) in [7, 11) is -3.19. The molecule has 18 heteroatoms. The Morgan fingerprint density at radius 1 is 0.911 bits per heavy atom. The first-order chi connectivity index (χ1) is 26.9. The third-order valence-corrected chi connectivity index (χ3v) is 10.4. The molecular weight excluding hydrogens is 755 g/mol. The second-order valence-corrected chi connectivity index (χ2v) is 14.2. The molecule has 0 aliphatic carbocycles. The van der Waals surface area contributed by atoms with Crippen molar-refractivity contribution in [2.75, 3.05) is 43.5 Å². The fourth-order valence-corrected chi connectivity index (χ4v) is 7.51. The highest BCUT2D eigenvalue weighted by Crippen LogP contribution is 2.35. The number of hydrogen-bond acceptors (Lipinski definition) is 12. The zero-order valence-electron chi connectivity index (χ0n) is 29.5. The summed E-state index contributed by atoms with van der Waals surface area (Å²) in [6.07, 6.45) is 3.14. The molecule has 4 amide bonds. The molecule has 3 N–H and O–H groups in total. The van der Waals surface area contributed by atoms with Crippen LogP contribution in [0.1, 0.15) is 33.6 Å². The van der Waals surface area contributed by atoms with Crippen LogP contribution in [-0.2, 0) is 24.3 Å². The van der Waals surface area contributed by atoms with E-state index >= 15 is 0 Å². The highest BCUT2D eigenvalue weighted by atomic mass is 32.2. The van der Waals surface area contributed by atoms with Gasteiger partial charge in [-0.05, 0) is 60.5 Å². The third-order valence-electron chi connectivity index (χ3n) is 9.02. The van der Waals surface area contributed by atoms with E-state index in [-0.39, 0.29) is 61.9 Å². The van der Waals surface area contributed by atoms with Crippen LogP contribution < -0.4 is 24.8 Å². The Balaban J connectivity index is 0.968. The summed E-state index contributed by atoms with van der Waals surface area (Å²) in [6.45, 7) is 0.857. The summed E-state index contributed by atoms with van der Waals surface area (Å²) < 4.78 is 73.1. The average molecular weight is 787 g/mol. The number of imide groups is 2. The van der Waals surface area contributed by atoms with Crippen molar-refractivity contribution < 1.29 is 50.6 Å². The van der Waals surface area contributed by atoms with Gasteiger partial charge in [0.1, 0.15) is 40.6 Å². The van der Waals surface area contributed by atoms with E-state index in [0.717, 1.165) is 17.0 Å². The number of nitrogens with zero attached hydrogens (tertiary/aromatic N) is 3. The van der Waals surface area contributed by atoms with Crippen LogP contribution in [0.2, 0.25) is 0 Å². The van der Waals surface area contributed by atoms with Crippen LogP contribution >= 0.6 is 0 Å². The lowest BCUT2D eigenvalue weighted by molar-refractivity contribution is -0.136. The fraction of sp³-hybridized carbons (Fsp3) is 0.211. The number of methoxy groups -OCH3 is 1. The van der Waals surface area contributed by atoms with Crippen LogP contribution in [0.4, 0.5) is 20.2 Å². The maximum atomic E-state index is 14.4. The van der Waals surface area contributed by atoms with Crippen molar-refractivity contribution >= 4 is 55.9 Å². The number of anilines is 2. The second kappa shape index (κ2) is 15.7. The molecule has 1 saturated heterocycles. The van der Waals surface area contributed by atoms with Gasteiger partial charge in [-0.15, -0.1) is 0 Å². The Bertz CT molecular complexity index is 2520. The molecule has 2 aromatic heterocycles. The number of carbonyl (C=O) groups excluding carboxylic acids is 4. The van der Waals surface area contributed by atoms with E-state index in [0.29, 0.717) is 39.5 Å². The Morgan fingerprint density at radius 2 is 1.75 bits per heavy atom. The first-order valence-corrected chi connectivity index (χ1v) is 18.6. The number of benzene rings is 3. The molecule has 0 radical (unpaired) electrons. The predicted molar refractivity (Wildman–Crippen MR) is 197 cm³/mol. The lowest BCUT2D eigenvalue weighted by Gasteiger charge is -2.27. The number of carbonyl (C=O) groups is 4. The number of amides is 4. The highest BCUT2D eigenvalue weighted by molar-refractivity contribution is 7.92. The van der Waals surface area contributed by atoms with Crippen molar-refractivity contribution in [2.24, 2.45) is 0 Å². The number of halogens is 2. The van der Waals surface area contributed by atoms with Gasteiger partial charge in [-0.1, -0.05) is 12.1 Å². The van der Waals surface area contributed by atoms with Crippen LogP contribution in [-0.4, -0.2) is 86.4 Å². The van der Waals surface area contributed by atoms with Gasteiger partial charge in [0.05, 0.1) is 37.0 Å². The summed E-state index contributed by atoms with van der Waals surface area (Å²) in [6, 6.07) is 14.3. The second-order valence-electron chi connectivity index (χ2n) is 12.6. The first kappa shape index (κ1) is 37.8. The van der Waals surface area contributed by atoms with Gasteiger partial charge in [0, 0.05) is 48.1 Å². The van der Waals surface area contributed by atoms with E-state index in [2.05, 4.69) is 25.3 Å². The van der Waals surface area contributed by atoms with Gasteiger partial charge in [0.15, 0.2) is 0 Å². The number of rotatable bonds is 14. The molecule has 0 bridgehead atoms. The minimum Gasteiger partial charge on any atom is -0.490 e. The van der Waals surface area contributed by atoms with Crippen LogP contribution in [0.15, 0.2) is 84.0 Å². The van der Waals surface area contributed by atoms with Crippen molar-refractivity contribution in [3.63, 3.8) is 0 Å². The van der Waals surface area contributed by atoms with Crippen LogP contribution in [0.25, 0.3) is 22.0 Å². The lowest BCUT2D eigenvalue weighted by Crippen LogP contribution is -2.54. The first-order valence-electron chi connectivity index (χ1n) is 17.1. The highest BCUT2D eigenvalue weighted by Gasteiger charge is 2.45. The third kappa shape index (κ3) is 7.56. The average Bonchev–Trinajstić information content (AvgIpc) is 3.43. The van der Waals surface area contributed by atoms with Crippen molar-refractivity contribution in [2.45, 2.75) is 23.8 Å². The van der Waals surface area contributed by atoms with E-state index in [1.54, 1.807) is 42.6 Å². The van der Waals surface area contributed by atoms with E-state index in [1.165, 1.54) is 25.4 Å². The van der Waals surface area contributed by atoms with Crippen molar-refractivity contribution in [1.82, 2.24) is 20.2 Å². The van der Waals surface area contributed by atoms with Crippen molar-refractivity contribution in [3.05, 3.63) is 102 Å². The number of piperidine rings is 1. The molecule has 15 nitrogen and oxygen atoms in total. The molecule has 1 atom stereocenters. The Morgan fingerprint density at radius 3 is 2.54 bits per heavy atom. The molecule has 2 aliphatic heterocycles. The van der Waals surface area contributed by atoms with Gasteiger partial charge in [-0.3, -0.25) is 39.1 Å². The summed E-state index contributed by atoms with van der Waals surface area (Å²) in [5, 5.41) is 5.94. The number of ether oxygens (including phenoxy) is 3. The summed E-state index contributed by atoms with van der Waals surface area (Å²) in [4.78, 5) is 59.2.